The number of pyridine rings is 1. The van der Waals surface area contributed by atoms with Gasteiger partial charge in [0.25, 0.3) is 11.8 Å². The van der Waals surface area contributed by atoms with Crippen molar-refractivity contribution in [3.63, 3.8) is 0 Å². The van der Waals surface area contributed by atoms with Gasteiger partial charge >= 0.3 is 0 Å². The molecule has 0 saturated carbocycles. The number of carbonyl (C=O) groups is 1. The zero-order valence-electron chi connectivity index (χ0n) is 22.2. The Morgan fingerprint density at radius 2 is 2.08 bits per heavy atom. The second-order valence-electron chi connectivity index (χ2n) is 10.4. The van der Waals surface area contributed by atoms with Crippen LogP contribution in [0, 0.1) is 5.82 Å². The second-order valence-corrected chi connectivity index (χ2v) is 10.4. The van der Waals surface area contributed by atoms with Gasteiger partial charge in [0.05, 0.1) is 68.0 Å². The van der Waals surface area contributed by atoms with Gasteiger partial charge < -0.3 is 20.1 Å². The molecule has 0 bridgehead atoms. The van der Waals surface area contributed by atoms with Gasteiger partial charge in [-0.05, 0) is 38.0 Å². The Bertz CT molecular complexity index is 1580. The lowest BCUT2D eigenvalue weighted by Crippen LogP contribution is -2.61. The zero-order chi connectivity index (χ0) is 28.2. The number of likely N-dealkylation sites (tertiary alicyclic amines) is 1. The number of nitrogens with one attached hydrogen (secondary N) is 2. The first kappa shape index (κ1) is 26.3. The van der Waals surface area contributed by atoms with Gasteiger partial charge in [0.1, 0.15) is 5.52 Å². The molecule has 4 aromatic heterocycles. The molecule has 2 N–H and O–H groups in total. The van der Waals surface area contributed by atoms with Crippen LogP contribution in [0.25, 0.3) is 22.2 Å². The Kier molecular flexibility index (Phi) is 6.53. The SMILES string of the molecule is COc1nc(N[C@@H]2CCN(C3COC3)CC2(F)F)nn2cc(F)c(-c3ccn4ncc(C(=O)NC(C)C)c4c3)c12. The summed E-state index contributed by atoms with van der Waals surface area (Å²) < 4.78 is 58.9. The van der Waals surface area contributed by atoms with E-state index in [-0.39, 0.29) is 47.3 Å². The van der Waals surface area contributed by atoms with Crippen molar-refractivity contribution in [1.82, 2.24) is 34.4 Å². The summed E-state index contributed by atoms with van der Waals surface area (Å²) in [4.78, 5) is 18.7. The molecule has 6 rings (SSSR count). The molecule has 14 heteroatoms. The van der Waals surface area contributed by atoms with Gasteiger partial charge in [-0.15, -0.1) is 5.10 Å². The quantitative estimate of drug-likeness (QED) is 0.357. The number of piperidine rings is 1. The van der Waals surface area contributed by atoms with Crippen LogP contribution in [0.2, 0.25) is 0 Å². The van der Waals surface area contributed by atoms with Crippen LogP contribution < -0.4 is 15.4 Å². The number of hydrogen-bond acceptors (Lipinski definition) is 8. The number of anilines is 1. The topological polar surface area (TPSA) is 110 Å². The molecule has 1 atom stereocenters. The van der Waals surface area contributed by atoms with Gasteiger partial charge in [-0.25, -0.2) is 22.2 Å². The number of amides is 1. The van der Waals surface area contributed by atoms with E-state index in [1.807, 2.05) is 13.8 Å². The average molecular weight is 559 g/mol. The molecule has 4 aromatic rings. The average Bonchev–Trinajstić information content (AvgIpc) is 3.43. The van der Waals surface area contributed by atoms with Gasteiger partial charge in [0.15, 0.2) is 5.82 Å². The fourth-order valence-electron chi connectivity index (χ4n) is 5.20. The minimum absolute atomic E-state index is 0.00919. The van der Waals surface area contributed by atoms with Crippen molar-refractivity contribution >= 4 is 22.9 Å². The van der Waals surface area contributed by atoms with Crippen LogP contribution in [0.5, 0.6) is 5.88 Å². The van der Waals surface area contributed by atoms with Crippen molar-refractivity contribution in [2.45, 2.75) is 44.3 Å². The number of alkyl halides is 2. The molecule has 6 heterocycles. The van der Waals surface area contributed by atoms with E-state index in [1.165, 1.54) is 22.3 Å². The van der Waals surface area contributed by atoms with Gasteiger partial charge in [-0.2, -0.15) is 10.1 Å². The predicted octanol–water partition coefficient (Wildman–Crippen LogP) is 2.85. The van der Waals surface area contributed by atoms with Crippen LogP contribution in [-0.2, 0) is 4.74 Å². The number of aromatic nitrogens is 5. The third-order valence-corrected chi connectivity index (χ3v) is 7.29. The molecule has 0 spiro atoms. The highest BCUT2D eigenvalue weighted by molar-refractivity contribution is 6.01. The highest BCUT2D eigenvalue weighted by atomic mass is 19.3. The first-order chi connectivity index (χ1) is 19.1. The summed E-state index contributed by atoms with van der Waals surface area (Å²) in [5.41, 5.74) is 1.62. The van der Waals surface area contributed by atoms with Crippen LogP contribution in [0.3, 0.4) is 0 Å². The summed E-state index contributed by atoms with van der Waals surface area (Å²) in [6, 6.07) is 2.03. The first-order valence-corrected chi connectivity index (χ1v) is 13.0. The van der Waals surface area contributed by atoms with E-state index in [1.54, 1.807) is 23.2 Å². The minimum Gasteiger partial charge on any atom is -0.479 e. The summed E-state index contributed by atoms with van der Waals surface area (Å²) in [5, 5.41) is 14.1. The summed E-state index contributed by atoms with van der Waals surface area (Å²) in [7, 11) is 1.36. The maximum absolute atomic E-state index is 15.4. The first-order valence-electron chi connectivity index (χ1n) is 13.0. The summed E-state index contributed by atoms with van der Waals surface area (Å²) in [6.45, 7) is 4.72. The largest absolute Gasteiger partial charge is 0.479 e. The Hall–Kier alpha value is -3.91. The Balaban J connectivity index is 1.33. The molecule has 212 valence electrons. The molecular weight excluding hydrogens is 529 g/mol. The lowest BCUT2D eigenvalue weighted by molar-refractivity contribution is -0.131. The standard InChI is InChI=1S/C26H29F3N8O3/c1-14(2)31-23(38)17-9-30-36-7-4-15(8-19(17)36)21-18(27)10-37-22(21)24(39-3)33-25(34-37)32-20-5-6-35(13-26(20,28)29)16-11-40-12-16/h4,7-10,14,16,20H,5-6,11-13H2,1-3H3,(H,31,38)(H,32,34)/t20-/m1/s1. The van der Waals surface area contributed by atoms with Crippen molar-refractivity contribution < 1.29 is 27.4 Å². The normalized spacial score (nSPS) is 19.7. The molecule has 2 aliphatic heterocycles. The molecule has 1 amide bonds. The maximum atomic E-state index is 15.4. The number of rotatable bonds is 7. The van der Waals surface area contributed by atoms with E-state index in [0.29, 0.717) is 36.4 Å². The van der Waals surface area contributed by atoms with E-state index in [2.05, 4.69) is 25.8 Å². The molecule has 0 unspecified atom stereocenters. The molecule has 0 radical (unpaired) electrons. The summed E-state index contributed by atoms with van der Waals surface area (Å²) >= 11 is 0. The number of methoxy groups -OCH3 is 1. The third-order valence-electron chi connectivity index (χ3n) is 7.29. The second kappa shape index (κ2) is 9.93. The molecule has 0 aromatic carbocycles. The molecule has 0 aliphatic carbocycles. The van der Waals surface area contributed by atoms with Crippen LogP contribution in [0.15, 0.2) is 30.7 Å². The van der Waals surface area contributed by atoms with Crippen molar-refractivity contribution in [2.75, 3.05) is 38.7 Å². The number of halogens is 3. The maximum Gasteiger partial charge on any atom is 0.280 e. The number of ether oxygens (including phenoxy) is 2. The number of hydrogen-bond donors (Lipinski definition) is 2. The third kappa shape index (κ3) is 4.60. The van der Waals surface area contributed by atoms with Gasteiger partial charge in [0.2, 0.25) is 11.8 Å². The predicted molar refractivity (Wildman–Crippen MR) is 139 cm³/mol. The summed E-state index contributed by atoms with van der Waals surface area (Å²) in [5.74, 6) is -4.05. The molecule has 2 aliphatic rings. The smallest absolute Gasteiger partial charge is 0.280 e. The lowest BCUT2D eigenvalue weighted by Gasteiger charge is -2.44. The Morgan fingerprint density at radius 3 is 2.75 bits per heavy atom. The molecular formula is C26H29F3N8O3. The molecule has 2 fully saturated rings. The van der Waals surface area contributed by atoms with Gasteiger partial charge in [-0.3, -0.25) is 9.69 Å². The van der Waals surface area contributed by atoms with Crippen molar-refractivity contribution in [1.29, 1.82) is 0 Å². The Labute approximate surface area is 227 Å². The van der Waals surface area contributed by atoms with Crippen molar-refractivity contribution in [3.05, 3.63) is 42.1 Å². The van der Waals surface area contributed by atoms with Crippen molar-refractivity contribution in [3.8, 4) is 17.0 Å². The molecule has 40 heavy (non-hydrogen) atoms. The Morgan fingerprint density at radius 1 is 1.27 bits per heavy atom. The van der Waals surface area contributed by atoms with E-state index >= 15 is 13.2 Å². The monoisotopic (exact) mass is 558 g/mol. The number of nitrogens with zero attached hydrogens (tertiary/aromatic N) is 6. The van der Waals surface area contributed by atoms with Crippen LogP contribution >= 0.6 is 0 Å². The minimum atomic E-state index is -3.04. The van der Waals surface area contributed by atoms with Crippen LogP contribution in [0.4, 0.5) is 19.1 Å². The fourth-order valence-corrected chi connectivity index (χ4v) is 5.20. The van der Waals surface area contributed by atoms with E-state index < -0.39 is 24.3 Å². The van der Waals surface area contributed by atoms with E-state index in [9.17, 15) is 4.79 Å². The summed E-state index contributed by atoms with van der Waals surface area (Å²) in [6.07, 6.45) is 4.39. The lowest BCUT2D eigenvalue weighted by atomic mass is 9.98. The highest BCUT2D eigenvalue weighted by Crippen LogP contribution is 2.36. The highest BCUT2D eigenvalue weighted by Gasteiger charge is 2.47. The number of carbonyl (C=O) groups excluding carboxylic acids is 1. The molecule has 2 saturated heterocycles. The zero-order valence-corrected chi connectivity index (χ0v) is 22.2. The van der Waals surface area contributed by atoms with Gasteiger partial charge in [-0.1, -0.05) is 0 Å². The fraction of sp³-hybridized carbons (Fsp3) is 0.462. The van der Waals surface area contributed by atoms with E-state index in [0.717, 1.165) is 6.20 Å². The van der Waals surface area contributed by atoms with Gasteiger partial charge in [0, 0.05) is 18.8 Å². The molecule has 11 nitrogen and oxygen atoms in total. The van der Waals surface area contributed by atoms with Crippen LogP contribution in [-0.4, -0.2) is 92.5 Å². The van der Waals surface area contributed by atoms with Crippen LogP contribution in [0.1, 0.15) is 30.6 Å². The van der Waals surface area contributed by atoms with Crippen molar-refractivity contribution in [2.24, 2.45) is 0 Å². The number of fused-ring (bicyclic) bond motifs is 2. The van der Waals surface area contributed by atoms with E-state index in [4.69, 9.17) is 9.47 Å².